The van der Waals surface area contributed by atoms with Crippen molar-refractivity contribution in [3.8, 4) is 6.07 Å². The van der Waals surface area contributed by atoms with Gasteiger partial charge in [-0.3, -0.25) is 4.79 Å². The molecule has 1 atom stereocenters. The fourth-order valence-corrected chi connectivity index (χ4v) is 3.86. The van der Waals surface area contributed by atoms with Crippen molar-refractivity contribution in [3.63, 3.8) is 0 Å². The van der Waals surface area contributed by atoms with Gasteiger partial charge in [0.1, 0.15) is 5.82 Å². The lowest BCUT2D eigenvalue weighted by atomic mass is 9.99. The van der Waals surface area contributed by atoms with Crippen molar-refractivity contribution in [3.05, 3.63) is 29.6 Å². The van der Waals surface area contributed by atoms with E-state index in [2.05, 4.69) is 10.2 Å². The van der Waals surface area contributed by atoms with E-state index in [-0.39, 0.29) is 11.7 Å². The molecule has 0 saturated carbocycles. The van der Waals surface area contributed by atoms with Crippen molar-refractivity contribution in [2.75, 3.05) is 31.1 Å². The minimum atomic E-state index is -0.325. The molecular weight excluding hydrogens is 319 g/mol. The normalized spacial score (nSPS) is 21.9. The molecule has 1 aromatic carbocycles. The van der Waals surface area contributed by atoms with Crippen molar-refractivity contribution in [2.24, 2.45) is 0 Å². The summed E-state index contributed by atoms with van der Waals surface area (Å²) in [6.45, 7) is 4.86. The maximum atomic E-state index is 14.3. The van der Waals surface area contributed by atoms with Gasteiger partial charge in [0, 0.05) is 45.2 Å². The van der Waals surface area contributed by atoms with E-state index in [0.29, 0.717) is 23.3 Å². The van der Waals surface area contributed by atoms with Crippen LogP contribution in [0.5, 0.6) is 0 Å². The Morgan fingerprint density at radius 3 is 2.64 bits per heavy atom. The lowest BCUT2D eigenvalue weighted by molar-refractivity contribution is -0.129. The Hall–Kier alpha value is -2.13. The van der Waals surface area contributed by atoms with Crippen molar-refractivity contribution in [1.29, 1.82) is 5.26 Å². The summed E-state index contributed by atoms with van der Waals surface area (Å²) in [4.78, 5) is 15.4. The molecule has 2 aliphatic rings. The van der Waals surface area contributed by atoms with Gasteiger partial charge < -0.3 is 15.1 Å². The molecule has 2 fully saturated rings. The fourth-order valence-electron chi connectivity index (χ4n) is 3.86. The third-order valence-electron chi connectivity index (χ3n) is 5.25. The number of nitriles is 1. The molecule has 1 amide bonds. The van der Waals surface area contributed by atoms with E-state index in [4.69, 9.17) is 5.26 Å². The molecule has 5 nitrogen and oxygen atoms in total. The number of nitrogens with one attached hydrogen (secondary N) is 1. The van der Waals surface area contributed by atoms with E-state index < -0.39 is 0 Å². The SMILES string of the molecule is CC(=O)N1CCC(NC2CCCN(c3ccc(C#N)cc3F)C2)CC1. The Kier molecular flexibility index (Phi) is 5.54. The molecule has 2 saturated heterocycles. The zero-order valence-electron chi connectivity index (χ0n) is 14.7. The maximum absolute atomic E-state index is 14.3. The maximum Gasteiger partial charge on any atom is 0.219 e. The average molecular weight is 344 g/mol. The third kappa shape index (κ3) is 4.29. The Morgan fingerprint density at radius 1 is 1.24 bits per heavy atom. The number of carbonyl (C=O) groups excluding carboxylic acids is 1. The van der Waals surface area contributed by atoms with E-state index in [9.17, 15) is 9.18 Å². The molecule has 134 valence electrons. The first-order chi connectivity index (χ1) is 12.1. The molecule has 0 spiro atoms. The number of carbonyl (C=O) groups is 1. The van der Waals surface area contributed by atoms with E-state index >= 15 is 0 Å². The van der Waals surface area contributed by atoms with E-state index in [1.165, 1.54) is 6.07 Å². The highest BCUT2D eigenvalue weighted by Crippen LogP contribution is 2.25. The minimum Gasteiger partial charge on any atom is -0.368 e. The summed E-state index contributed by atoms with van der Waals surface area (Å²) < 4.78 is 14.3. The molecular formula is C19H25FN4O. The second kappa shape index (κ2) is 7.83. The van der Waals surface area contributed by atoms with Gasteiger partial charge in [0.15, 0.2) is 0 Å². The lowest BCUT2D eigenvalue weighted by Crippen LogP contribution is -2.52. The topological polar surface area (TPSA) is 59.4 Å². The average Bonchev–Trinajstić information content (AvgIpc) is 2.62. The summed E-state index contributed by atoms with van der Waals surface area (Å²) in [6, 6.07) is 7.42. The smallest absolute Gasteiger partial charge is 0.219 e. The first-order valence-electron chi connectivity index (χ1n) is 9.03. The van der Waals surface area contributed by atoms with Crippen LogP contribution in [0.15, 0.2) is 18.2 Å². The van der Waals surface area contributed by atoms with Crippen molar-refractivity contribution in [1.82, 2.24) is 10.2 Å². The van der Waals surface area contributed by atoms with Gasteiger partial charge in [-0.15, -0.1) is 0 Å². The number of rotatable bonds is 3. The molecule has 0 aromatic heterocycles. The molecule has 3 rings (SSSR count). The number of anilines is 1. The molecule has 0 bridgehead atoms. The molecule has 0 aliphatic carbocycles. The highest BCUT2D eigenvalue weighted by atomic mass is 19.1. The number of nitrogens with zero attached hydrogens (tertiary/aromatic N) is 3. The number of likely N-dealkylation sites (tertiary alicyclic amines) is 1. The number of amides is 1. The van der Waals surface area contributed by atoms with E-state index in [1.807, 2.05) is 11.0 Å². The van der Waals surface area contributed by atoms with Crippen LogP contribution in [-0.4, -0.2) is 49.1 Å². The summed E-state index contributed by atoms with van der Waals surface area (Å²) in [5.74, 6) is -0.173. The highest BCUT2D eigenvalue weighted by molar-refractivity contribution is 5.73. The van der Waals surface area contributed by atoms with Crippen LogP contribution in [0.3, 0.4) is 0 Å². The van der Waals surface area contributed by atoms with Crippen LogP contribution in [0.25, 0.3) is 0 Å². The van der Waals surface area contributed by atoms with Gasteiger partial charge in [-0.05, 0) is 43.9 Å². The van der Waals surface area contributed by atoms with Gasteiger partial charge in [-0.1, -0.05) is 0 Å². The molecule has 1 aromatic rings. The Balaban J connectivity index is 1.57. The largest absolute Gasteiger partial charge is 0.368 e. The zero-order chi connectivity index (χ0) is 17.8. The number of piperidine rings is 2. The van der Waals surface area contributed by atoms with Crippen LogP contribution in [0.1, 0.15) is 38.2 Å². The number of benzene rings is 1. The second-order valence-corrected chi connectivity index (χ2v) is 7.01. The van der Waals surface area contributed by atoms with Crippen LogP contribution >= 0.6 is 0 Å². The Morgan fingerprint density at radius 2 is 2.00 bits per heavy atom. The number of hydrogen-bond donors (Lipinski definition) is 1. The minimum absolute atomic E-state index is 0.151. The highest BCUT2D eigenvalue weighted by Gasteiger charge is 2.26. The molecule has 2 heterocycles. The first-order valence-corrected chi connectivity index (χ1v) is 9.03. The molecule has 1 unspecified atom stereocenters. The molecule has 0 radical (unpaired) electrons. The summed E-state index contributed by atoms with van der Waals surface area (Å²) >= 11 is 0. The van der Waals surface area contributed by atoms with Crippen molar-refractivity contribution in [2.45, 2.75) is 44.7 Å². The van der Waals surface area contributed by atoms with Gasteiger partial charge in [0.05, 0.1) is 17.3 Å². The summed E-state index contributed by atoms with van der Waals surface area (Å²) in [5.41, 5.74) is 0.932. The Bertz CT molecular complexity index is 664. The lowest BCUT2D eigenvalue weighted by Gasteiger charge is -2.39. The van der Waals surface area contributed by atoms with Crippen LogP contribution in [-0.2, 0) is 4.79 Å². The number of hydrogen-bond acceptors (Lipinski definition) is 4. The van der Waals surface area contributed by atoms with E-state index in [0.717, 1.165) is 51.9 Å². The third-order valence-corrected chi connectivity index (χ3v) is 5.25. The fraction of sp³-hybridized carbons (Fsp3) is 0.579. The van der Waals surface area contributed by atoms with Crippen molar-refractivity contribution >= 4 is 11.6 Å². The van der Waals surface area contributed by atoms with Crippen LogP contribution in [0.2, 0.25) is 0 Å². The molecule has 1 N–H and O–H groups in total. The summed E-state index contributed by atoms with van der Waals surface area (Å²) in [5, 5.41) is 12.6. The van der Waals surface area contributed by atoms with Gasteiger partial charge in [-0.2, -0.15) is 5.26 Å². The predicted molar refractivity (Wildman–Crippen MR) is 94.8 cm³/mol. The van der Waals surface area contributed by atoms with Crippen LogP contribution in [0.4, 0.5) is 10.1 Å². The molecule has 25 heavy (non-hydrogen) atoms. The monoisotopic (exact) mass is 344 g/mol. The van der Waals surface area contributed by atoms with E-state index in [1.54, 1.807) is 19.1 Å². The molecule has 6 heteroatoms. The predicted octanol–water partition coefficient (Wildman–Crippen LogP) is 2.27. The molecule has 2 aliphatic heterocycles. The van der Waals surface area contributed by atoms with Crippen molar-refractivity contribution < 1.29 is 9.18 Å². The van der Waals surface area contributed by atoms with Gasteiger partial charge in [0.25, 0.3) is 0 Å². The Labute approximate surface area is 148 Å². The first kappa shape index (κ1) is 17.7. The zero-order valence-corrected chi connectivity index (χ0v) is 14.7. The summed E-state index contributed by atoms with van der Waals surface area (Å²) in [6.07, 6.45) is 4.05. The second-order valence-electron chi connectivity index (χ2n) is 7.01. The van der Waals surface area contributed by atoms with Crippen LogP contribution < -0.4 is 10.2 Å². The van der Waals surface area contributed by atoms with Gasteiger partial charge in [0.2, 0.25) is 5.91 Å². The standard InChI is InChI=1S/C19H25FN4O/c1-14(25)23-9-6-16(7-10-23)22-17-3-2-8-24(13-17)19-5-4-15(12-21)11-18(19)20/h4-5,11,16-17,22H,2-3,6-10,13H2,1H3. The van der Waals surface area contributed by atoms with Gasteiger partial charge in [-0.25, -0.2) is 4.39 Å². The summed E-state index contributed by atoms with van der Waals surface area (Å²) in [7, 11) is 0. The number of halogens is 1. The van der Waals surface area contributed by atoms with Gasteiger partial charge >= 0.3 is 0 Å². The van der Waals surface area contributed by atoms with Crippen LogP contribution in [0, 0.1) is 17.1 Å². The quantitative estimate of drug-likeness (QED) is 0.914.